The first-order valence-corrected chi connectivity index (χ1v) is 6.43. The van der Waals surface area contributed by atoms with Gasteiger partial charge in [0, 0.05) is 10.6 Å². The van der Waals surface area contributed by atoms with E-state index in [1.165, 1.54) is 0 Å². The molecular weight excluding hydrogens is 316 g/mol. The molecule has 1 amide bonds. The van der Waals surface area contributed by atoms with Crippen molar-refractivity contribution in [3.8, 4) is 0 Å². The highest BCUT2D eigenvalue weighted by Gasteiger charge is 2.08. The first kappa shape index (κ1) is 13.1. The lowest BCUT2D eigenvalue weighted by Gasteiger charge is -2.08. The van der Waals surface area contributed by atoms with Gasteiger partial charge in [-0.25, -0.2) is 4.98 Å². The Hall–Kier alpha value is -1.39. The number of hydrogen-bond donors (Lipinski definition) is 1. The van der Waals surface area contributed by atoms with E-state index >= 15 is 0 Å². The van der Waals surface area contributed by atoms with Crippen LogP contribution in [0.3, 0.4) is 0 Å². The van der Waals surface area contributed by atoms with Gasteiger partial charge in [0.2, 0.25) is 0 Å². The van der Waals surface area contributed by atoms with E-state index in [4.69, 9.17) is 11.6 Å². The van der Waals surface area contributed by atoms with Crippen molar-refractivity contribution < 1.29 is 4.79 Å². The average molecular weight is 326 g/mol. The summed E-state index contributed by atoms with van der Waals surface area (Å²) in [5.41, 5.74) is 1.95. The highest BCUT2D eigenvalue weighted by atomic mass is 79.9. The lowest BCUT2D eigenvalue weighted by atomic mass is 10.2. The van der Waals surface area contributed by atoms with Crippen molar-refractivity contribution in [3.05, 3.63) is 57.3 Å². The molecule has 0 spiro atoms. The molecule has 0 aliphatic heterocycles. The molecule has 0 fully saturated rings. The number of amides is 1. The maximum Gasteiger partial charge on any atom is 0.255 e. The Morgan fingerprint density at radius 1 is 1.33 bits per heavy atom. The molecule has 5 heteroatoms. The minimum Gasteiger partial charge on any atom is -0.320 e. The second-order valence-corrected chi connectivity index (χ2v) is 4.98. The molecule has 0 bridgehead atoms. The first-order valence-electron chi connectivity index (χ1n) is 5.26. The molecule has 18 heavy (non-hydrogen) atoms. The summed E-state index contributed by atoms with van der Waals surface area (Å²) in [4.78, 5) is 16.2. The van der Waals surface area contributed by atoms with Crippen molar-refractivity contribution in [2.24, 2.45) is 0 Å². The van der Waals surface area contributed by atoms with Crippen LogP contribution in [-0.4, -0.2) is 10.9 Å². The van der Waals surface area contributed by atoms with Gasteiger partial charge in [0.1, 0.15) is 4.60 Å². The smallest absolute Gasteiger partial charge is 0.255 e. The van der Waals surface area contributed by atoms with Gasteiger partial charge in [-0.1, -0.05) is 17.7 Å². The lowest BCUT2D eigenvalue weighted by molar-refractivity contribution is 0.102. The van der Waals surface area contributed by atoms with Crippen LogP contribution < -0.4 is 5.32 Å². The van der Waals surface area contributed by atoms with Crippen molar-refractivity contribution in [2.45, 2.75) is 6.92 Å². The third kappa shape index (κ3) is 3.09. The summed E-state index contributed by atoms with van der Waals surface area (Å²) in [5, 5.41) is 3.34. The zero-order valence-corrected chi connectivity index (χ0v) is 11.9. The zero-order chi connectivity index (χ0) is 13.1. The summed E-state index contributed by atoms with van der Waals surface area (Å²) in [5.74, 6) is -0.204. The number of carbonyl (C=O) groups excluding carboxylic acids is 1. The topological polar surface area (TPSA) is 42.0 Å². The molecule has 0 atom stereocenters. The zero-order valence-electron chi connectivity index (χ0n) is 9.58. The second kappa shape index (κ2) is 5.50. The van der Waals surface area contributed by atoms with Gasteiger partial charge in [-0.15, -0.1) is 0 Å². The maximum absolute atomic E-state index is 12.0. The molecule has 2 rings (SSSR count). The fourth-order valence-electron chi connectivity index (χ4n) is 1.49. The highest BCUT2D eigenvalue weighted by Crippen LogP contribution is 2.18. The van der Waals surface area contributed by atoms with Crippen molar-refractivity contribution in [3.63, 3.8) is 0 Å². The molecule has 0 aliphatic rings. The molecule has 0 saturated carbocycles. The van der Waals surface area contributed by atoms with E-state index in [9.17, 15) is 4.79 Å². The summed E-state index contributed by atoms with van der Waals surface area (Å²) in [6, 6.07) is 10.4. The molecule has 1 N–H and O–H groups in total. The van der Waals surface area contributed by atoms with Crippen LogP contribution in [0.4, 0.5) is 5.69 Å². The number of halogens is 2. The standard InChI is InChI=1S/C13H10BrClN2O/c1-8-11(5-6-12(14)16-8)17-13(18)9-3-2-4-10(15)7-9/h2-7H,1H3,(H,17,18). The fourth-order valence-corrected chi connectivity index (χ4v) is 2.08. The molecule has 3 nitrogen and oxygen atoms in total. The van der Waals surface area contributed by atoms with Crippen LogP contribution in [0.5, 0.6) is 0 Å². The largest absolute Gasteiger partial charge is 0.320 e. The molecule has 0 radical (unpaired) electrons. The number of anilines is 1. The SMILES string of the molecule is Cc1nc(Br)ccc1NC(=O)c1cccc(Cl)c1. The first-order chi connectivity index (χ1) is 8.56. The molecule has 1 aromatic carbocycles. The van der Waals surface area contributed by atoms with E-state index in [1.54, 1.807) is 36.4 Å². The molecule has 1 aromatic heterocycles. The van der Waals surface area contributed by atoms with Crippen LogP contribution in [0.2, 0.25) is 5.02 Å². The molecule has 2 aromatic rings. The third-order valence-corrected chi connectivity index (χ3v) is 3.06. The number of nitrogens with one attached hydrogen (secondary N) is 1. The fraction of sp³-hybridized carbons (Fsp3) is 0.0769. The number of benzene rings is 1. The van der Waals surface area contributed by atoms with Crippen LogP contribution in [-0.2, 0) is 0 Å². The van der Waals surface area contributed by atoms with Gasteiger partial charge >= 0.3 is 0 Å². The third-order valence-electron chi connectivity index (χ3n) is 2.39. The summed E-state index contributed by atoms with van der Waals surface area (Å²) < 4.78 is 0.737. The van der Waals surface area contributed by atoms with Crippen LogP contribution >= 0.6 is 27.5 Å². The quantitative estimate of drug-likeness (QED) is 0.846. The monoisotopic (exact) mass is 324 g/mol. The van der Waals surface area contributed by atoms with Crippen LogP contribution in [0.15, 0.2) is 41.0 Å². The average Bonchev–Trinajstić information content (AvgIpc) is 2.32. The number of hydrogen-bond acceptors (Lipinski definition) is 2. The summed E-state index contributed by atoms with van der Waals surface area (Å²) >= 11 is 9.12. The number of pyridine rings is 1. The second-order valence-electron chi connectivity index (χ2n) is 3.73. The van der Waals surface area contributed by atoms with Crippen LogP contribution in [0, 0.1) is 6.92 Å². The minimum absolute atomic E-state index is 0.204. The summed E-state index contributed by atoms with van der Waals surface area (Å²) in [6.07, 6.45) is 0. The molecule has 0 unspecified atom stereocenters. The number of aromatic nitrogens is 1. The van der Waals surface area contributed by atoms with E-state index in [0.29, 0.717) is 16.3 Å². The van der Waals surface area contributed by atoms with Crippen molar-refractivity contribution >= 4 is 39.1 Å². The molecule has 0 aliphatic carbocycles. The predicted octanol–water partition coefficient (Wildman–Crippen LogP) is 4.06. The van der Waals surface area contributed by atoms with E-state index in [1.807, 2.05) is 6.92 Å². The van der Waals surface area contributed by atoms with Gasteiger partial charge in [-0.05, 0) is 53.2 Å². The summed E-state index contributed by atoms with van der Waals surface area (Å²) in [6.45, 7) is 1.83. The Morgan fingerprint density at radius 2 is 2.11 bits per heavy atom. The van der Waals surface area contributed by atoms with E-state index in [-0.39, 0.29) is 5.91 Å². The van der Waals surface area contributed by atoms with Crippen molar-refractivity contribution in [1.82, 2.24) is 4.98 Å². The van der Waals surface area contributed by atoms with Gasteiger partial charge in [-0.3, -0.25) is 4.79 Å². The Balaban J connectivity index is 2.21. The number of rotatable bonds is 2. The summed E-state index contributed by atoms with van der Waals surface area (Å²) in [7, 11) is 0. The molecular formula is C13H10BrClN2O. The number of aryl methyl sites for hydroxylation is 1. The van der Waals surface area contributed by atoms with Gasteiger partial charge in [0.05, 0.1) is 11.4 Å². The van der Waals surface area contributed by atoms with E-state index in [2.05, 4.69) is 26.2 Å². The van der Waals surface area contributed by atoms with Crippen molar-refractivity contribution in [1.29, 1.82) is 0 Å². The Bertz CT molecular complexity index is 601. The Morgan fingerprint density at radius 3 is 2.78 bits per heavy atom. The maximum atomic E-state index is 12.0. The predicted molar refractivity (Wildman–Crippen MR) is 76.1 cm³/mol. The van der Waals surface area contributed by atoms with Gasteiger partial charge in [0.15, 0.2) is 0 Å². The van der Waals surface area contributed by atoms with E-state index < -0.39 is 0 Å². The highest BCUT2D eigenvalue weighted by molar-refractivity contribution is 9.10. The Kier molecular flexibility index (Phi) is 3.99. The molecule has 92 valence electrons. The molecule has 1 heterocycles. The number of carbonyl (C=O) groups is 1. The number of nitrogens with zero attached hydrogens (tertiary/aromatic N) is 1. The van der Waals surface area contributed by atoms with Gasteiger partial charge in [0.25, 0.3) is 5.91 Å². The van der Waals surface area contributed by atoms with Gasteiger partial charge < -0.3 is 5.32 Å². The Labute approximate surface area is 118 Å². The normalized spacial score (nSPS) is 10.2. The molecule has 0 saturated heterocycles. The van der Waals surface area contributed by atoms with Crippen molar-refractivity contribution in [2.75, 3.05) is 5.32 Å². The van der Waals surface area contributed by atoms with Gasteiger partial charge in [-0.2, -0.15) is 0 Å². The van der Waals surface area contributed by atoms with Crippen LogP contribution in [0.25, 0.3) is 0 Å². The van der Waals surface area contributed by atoms with E-state index in [0.717, 1.165) is 10.3 Å². The lowest BCUT2D eigenvalue weighted by Crippen LogP contribution is -2.13. The van der Waals surface area contributed by atoms with Crippen LogP contribution in [0.1, 0.15) is 16.1 Å². The minimum atomic E-state index is -0.204.